The van der Waals surface area contributed by atoms with Crippen LogP contribution < -0.4 is 10.6 Å². The van der Waals surface area contributed by atoms with Gasteiger partial charge in [0, 0.05) is 13.2 Å². The summed E-state index contributed by atoms with van der Waals surface area (Å²) < 4.78 is 15.1. The van der Waals surface area contributed by atoms with Crippen molar-refractivity contribution in [3.63, 3.8) is 0 Å². The number of carbonyl (C=O) groups excluding carboxylic acids is 2. The largest absolute Gasteiger partial charge is 0.467 e. The molecule has 21 heavy (non-hydrogen) atoms. The molecule has 0 spiro atoms. The first-order chi connectivity index (χ1) is 10.1. The summed E-state index contributed by atoms with van der Waals surface area (Å²) in [6.45, 7) is 1.78. The van der Waals surface area contributed by atoms with Crippen LogP contribution in [0, 0.1) is 6.92 Å². The maximum absolute atomic E-state index is 11.7. The van der Waals surface area contributed by atoms with E-state index in [4.69, 9.17) is 13.7 Å². The predicted molar refractivity (Wildman–Crippen MR) is 71.3 cm³/mol. The number of rotatable bonds is 5. The maximum Gasteiger partial charge on any atom is 0.314 e. The number of carbonyl (C=O) groups is 2. The Morgan fingerprint density at radius 2 is 2.24 bits per heavy atom. The summed E-state index contributed by atoms with van der Waals surface area (Å²) in [5, 5.41) is 8.34. The van der Waals surface area contributed by atoms with Crippen molar-refractivity contribution in [2.75, 3.05) is 19.0 Å². The minimum absolute atomic E-state index is 0.105. The molecular formula is C13H15N3O5. The third kappa shape index (κ3) is 3.93. The minimum Gasteiger partial charge on any atom is -0.467 e. The molecule has 0 saturated carbocycles. The van der Waals surface area contributed by atoms with Crippen LogP contribution in [0.25, 0.3) is 0 Å². The van der Waals surface area contributed by atoms with Gasteiger partial charge in [-0.15, -0.1) is 0 Å². The second-order valence-corrected chi connectivity index (χ2v) is 4.23. The van der Waals surface area contributed by atoms with Gasteiger partial charge in [0.25, 0.3) is 0 Å². The van der Waals surface area contributed by atoms with E-state index >= 15 is 0 Å². The maximum atomic E-state index is 11.7. The second kappa shape index (κ2) is 6.71. The van der Waals surface area contributed by atoms with E-state index in [9.17, 15) is 9.59 Å². The molecule has 1 atom stereocenters. The number of anilines is 1. The Bertz CT molecular complexity index is 605. The summed E-state index contributed by atoms with van der Waals surface area (Å²) in [6.07, 6.45) is 1.04. The van der Waals surface area contributed by atoms with Crippen LogP contribution in [0.1, 0.15) is 17.6 Å². The number of nitrogens with zero attached hydrogens (tertiary/aromatic N) is 1. The van der Waals surface area contributed by atoms with Gasteiger partial charge in [0.15, 0.2) is 5.82 Å². The zero-order valence-electron chi connectivity index (χ0n) is 11.6. The fraction of sp³-hybridized carbons (Fsp3) is 0.308. The molecule has 0 fully saturated rings. The number of ether oxygens (including phenoxy) is 1. The number of methoxy groups -OCH3 is 1. The van der Waals surface area contributed by atoms with Crippen LogP contribution >= 0.6 is 0 Å². The lowest BCUT2D eigenvalue weighted by molar-refractivity contribution is -0.136. The first-order valence-corrected chi connectivity index (χ1v) is 6.19. The number of aryl methyl sites for hydroxylation is 1. The normalized spacial score (nSPS) is 11.9. The molecule has 8 nitrogen and oxygen atoms in total. The SMILES string of the molecule is COC(CNC(=O)C(=O)Nc1cc(C)on1)c1ccco1. The van der Waals surface area contributed by atoms with Gasteiger partial charge in [-0.1, -0.05) is 5.16 Å². The van der Waals surface area contributed by atoms with Crippen LogP contribution in [-0.4, -0.2) is 30.6 Å². The molecule has 112 valence electrons. The predicted octanol–water partition coefficient (Wildman–Crippen LogP) is 1.02. The summed E-state index contributed by atoms with van der Waals surface area (Å²) in [4.78, 5) is 23.3. The lowest BCUT2D eigenvalue weighted by Gasteiger charge is -2.13. The Morgan fingerprint density at radius 1 is 1.43 bits per heavy atom. The highest BCUT2D eigenvalue weighted by molar-refractivity contribution is 6.39. The van der Waals surface area contributed by atoms with Gasteiger partial charge < -0.3 is 19.0 Å². The zero-order chi connectivity index (χ0) is 15.2. The molecule has 0 aliphatic heterocycles. The van der Waals surface area contributed by atoms with Crippen molar-refractivity contribution in [3.8, 4) is 0 Å². The number of amides is 2. The molecule has 0 saturated heterocycles. The molecule has 0 aliphatic rings. The lowest BCUT2D eigenvalue weighted by Crippen LogP contribution is -2.38. The highest BCUT2D eigenvalue weighted by Gasteiger charge is 2.19. The van der Waals surface area contributed by atoms with Gasteiger partial charge in [-0.3, -0.25) is 14.9 Å². The van der Waals surface area contributed by atoms with Crippen LogP contribution in [0.5, 0.6) is 0 Å². The molecule has 0 bridgehead atoms. The Hall–Kier alpha value is -2.61. The molecule has 0 aliphatic carbocycles. The van der Waals surface area contributed by atoms with Crippen LogP contribution in [0.4, 0.5) is 5.82 Å². The Morgan fingerprint density at radius 3 is 2.81 bits per heavy atom. The van der Waals surface area contributed by atoms with Gasteiger partial charge >= 0.3 is 11.8 Å². The average Bonchev–Trinajstić information content (AvgIpc) is 3.11. The van der Waals surface area contributed by atoms with Crippen molar-refractivity contribution in [1.82, 2.24) is 10.5 Å². The third-order valence-corrected chi connectivity index (χ3v) is 2.67. The van der Waals surface area contributed by atoms with E-state index in [0.29, 0.717) is 11.5 Å². The monoisotopic (exact) mass is 293 g/mol. The fourth-order valence-electron chi connectivity index (χ4n) is 1.64. The van der Waals surface area contributed by atoms with E-state index in [-0.39, 0.29) is 12.4 Å². The number of hydrogen-bond donors (Lipinski definition) is 2. The fourth-order valence-corrected chi connectivity index (χ4v) is 1.64. The number of hydrogen-bond acceptors (Lipinski definition) is 6. The first-order valence-electron chi connectivity index (χ1n) is 6.19. The molecule has 8 heteroatoms. The van der Waals surface area contributed by atoms with Gasteiger partial charge in [-0.2, -0.15) is 0 Å². The average molecular weight is 293 g/mol. The molecule has 1 unspecified atom stereocenters. The van der Waals surface area contributed by atoms with Crippen molar-refractivity contribution in [1.29, 1.82) is 0 Å². The molecule has 2 heterocycles. The molecule has 2 aromatic rings. The summed E-state index contributed by atoms with van der Waals surface area (Å²) in [5.74, 6) is -0.364. The zero-order valence-corrected chi connectivity index (χ0v) is 11.6. The minimum atomic E-state index is -0.836. The van der Waals surface area contributed by atoms with Crippen molar-refractivity contribution < 1.29 is 23.3 Å². The van der Waals surface area contributed by atoms with E-state index in [2.05, 4.69) is 15.8 Å². The highest BCUT2D eigenvalue weighted by atomic mass is 16.5. The van der Waals surface area contributed by atoms with Crippen LogP contribution in [0.3, 0.4) is 0 Å². The van der Waals surface area contributed by atoms with E-state index in [1.807, 2.05) is 0 Å². The van der Waals surface area contributed by atoms with Gasteiger partial charge in [-0.05, 0) is 19.1 Å². The second-order valence-electron chi connectivity index (χ2n) is 4.23. The molecule has 2 rings (SSSR count). The Labute approximate surface area is 120 Å². The smallest absolute Gasteiger partial charge is 0.314 e. The van der Waals surface area contributed by atoms with E-state index in [0.717, 1.165) is 0 Å². The molecule has 0 radical (unpaired) electrons. The lowest BCUT2D eigenvalue weighted by atomic mass is 10.2. The summed E-state index contributed by atoms with van der Waals surface area (Å²) in [7, 11) is 1.48. The highest BCUT2D eigenvalue weighted by Crippen LogP contribution is 2.15. The number of furan rings is 1. The van der Waals surface area contributed by atoms with Crippen LogP contribution in [0.15, 0.2) is 33.4 Å². The van der Waals surface area contributed by atoms with Gasteiger partial charge in [-0.25, -0.2) is 0 Å². The molecular weight excluding hydrogens is 278 g/mol. The molecule has 0 aromatic carbocycles. The van der Waals surface area contributed by atoms with E-state index in [1.54, 1.807) is 19.1 Å². The number of nitrogens with one attached hydrogen (secondary N) is 2. The topological polar surface area (TPSA) is 107 Å². The Kier molecular flexibility index (Phi) is 4.72. The van der Waals surface area contributed by atoms with Crippen molar-refractivity contribution >= 4 is 17.6 Å². The molecule has 2 aromatic heterocycles. The van der Waals surface area contributed by atoms with Gasteiger partial charge in [0.1, 0.15) is 17.6 Å². The third-order valence-electron chi connectivity index (χ3n) is 2.67. The molecule has 2 amide bonds. The summed E-state index contributed by atoms with van der Waals surface area (Å²) in [6, 6.07) is 4.94. The van der Waals surface area contributed by atoms with E-state index < -0.39 is 17.9 Å². The van der Waals surface area contributed by atoms with Crippen molar-refractivity contribution in [2.24, 2.45) is 0 Å². The molecule has 2 N–H and O–H groups in total. The van der Waals surface area contributed by atoms with Gasteiger partial charge in [0.2, 0.25) is 0 Å². The van der Waals surface area contributed by atoms with Crippen molar-refractivity contribution in [3.05, 3.63) is 36.0 Å². The number of aromatic nitrogens is 1. The van der Waals surface area contributed by atoms with Crippen LogP contribution in [-0.2, 0) is 14.3 Å². The van der Waals surface area contributed by atoms with Crippen molar-refractivity contribution in [2.45, 2.75) is 13.0 Å². The van der Waals surface area contributed by atoms with Crippen LogP contribution in [0.2, 0.25) is 0 Å². The standard InChI is InChI=1S/C13H15N3O5/c1-8-6-11(16-21-8)15-13(18)12(17)14-7-10(19-2)9-4-3-5-20-9/h3-6,10H,7H2,1-2H3,(H,14,17)(H,15,16,18). The summed E-state index contributed by atoms with van der Waals surface area (Å²) in [5.41, 5.74) is 0. The first kappa shape index (κ1) is 14.8. The Balaban J connectivity index is 1.84. The quantitative estimate of drug-likeness (QED) is 0.797. The van der Waals surface area contributed by atoms with E-state index in [1.165, 1.54) is 19.4 Å². The van der Waals surface area contributed by atoms with Gasteiger partial charge in [0.05, 0.1) is 12.8 Å². The summed E-state index contributed by atoms with van der Waals surface area (Å²) >= 11 is 0.